The fourth-order valence-electron chi connectivity index (χ4n) is 1.56. The van der Waals surface area contributed by atoms with Gasteiger partial charge >= 0.3 is 0 Å². The first-order chi connectivity index (χ1) is 7.16. The quantitative estimate of drug-likeness (QED) is 0.620. The molecule has 84 valence electrons. The molecule has 3 heteroatoms. The van der Waals surface area contributed by atoms with Crippen molar-refractivity contribution in [2.45, 2.75) is 31.4 Å². The van der Waals surface area contributed by atoms with Gasteiger partial charge in [-0.3, -0.25) is 0 Å². The molecule has 1 aromatic carbocycles. The molecule has 0 fully saturated rings. The summed E-state index contributed by atoms with van der Waals surface area (Å²) in [6.07, 6.45) is 1.45. The van der Waals surface area contributed by atoms with Gasteiger partial charge in [-0.25, -0.2) is 0 Å². The lowest BCUT2D eigenvalue weighted by atomic mass is 10.00. The van der Waals surface area contributed by atoms with Crippen molar-refractivity contribution in [2.75, 3.05) is 7.11 Å². The highest BCUT2D eigenvalue weighted by atomic mass is 35.5. The number of halogens is 1. The van der Waals surface area contributed by atoms with Gasteiger partial charge < -0.3 is 9.84 Å². The standard InChI is InChI=1S/C12H17ClO2/c1-3-8-12(14,15-2)11-6-4-10(9-13)5-7-11/h4-7,14H,3,8-9H2,1-2H3. The van der Waals surface area contributed by atoms with Gasteiger partial charge in [0.2, 0.25) is 0 Å². The van der Waals surface area contributed by atoms with E-state index in [9.17, 15) is 5.11 Å². The number of methoxy groups -OCH3 is 1. The zero-order chi connectivity index (χ0) is 11.3. The molecule has 15 heavy (non-hydrogen) atoms. The lowest BCUT2D eigenvalue weighted by Crippen LogP contribution is -2.27. The summed E-state index contributed by atoms with van der Waals surface area (Å²) in [4.78, 5) is 0. The van der Waals surface area contributed by atoms with Crippen LogP contribution in [0.5, 0.6) is 0 Å². The zero-order valence-corrected chi connectivity index (χ0v) is 9.92. The number of ether oxygens (including phenoxy) is 1. The summed E-state index contributed by atoms with van der Waals surface area (Å²) in [7, 11) is 1.52. The molecule has 1 atom stereocenters. The highest BCUT2D eigenvalue weighted by molar-refractivity contribution is 6.17. The van der Waals surface area contributed by atoms with Crippen LogP contribution >= 0.6 is 11.6 Å². The Labute approximate surface area is 95.8 Å². The fourth-order valence-corrected chi connectivity index (χ4v) is 1.74. The molecule has 0 spiro atoms. The van der Waals surface area contributed by atoms with Gasteiger partial charge in [-0.05, 0) is 5.56 Å². The summed E-state index contributed by atoms with van der Waals surface area (Å²) in [5.41, 5.74) is 1.82. The van der Waals surface area contributed by atoms with Gasteiger partial charge in [-0.1, -0.05) is 37.6 Å². The Bertz CT molecular complexity index is 297. The van der Waals surface area contributed by atoms with Gasteiger partial charge in [0.05, 0.1) is 0 Å². The van der Waals surface area contributed by atoms with Crippen molar-refractivity contribution < 1.29 is 9.84 Å². The Hall–Kier alpha value is -0.570. The van der Waals surface area contributed by atoms with Crippen molar-refractivity contribution in [3.8, 4) is 0 Å². The second-order valence-corrected chi connectivity index (χ2v) is 3.84. The average Bonchev–Trinajstić information content (AvgIpc) is 2.29. The molecule has 0 aliphatic rings. The maximum absolute atomic E-state index is 10.2. The molecule has 2 nitrogen and oxygen atoms in total. The molecule has 0 aromatic heterocycles. The van der Waals surface area contributed by atoms with Gasteiger partial charge in [0.15, 0.2) is 5.79 Å². The molecular formula is C12H17ClO2. The van der Waals surface area contributed by atoms with Crippen LogP contribution < -0.4 is 0 Å². The number of alkyl halides is 1. The molecular weight excluding hydrogens is 212 g/mol. The zero-order valence-electron chi connectivity index (χ0n) is 9.16. The minimum Gasteiger partial charge on any atom is -0.362 e. The second kappa shape index (κ2) is 5.50. The number of benzene rings is 1. The monoisotopic (exact) mass is 228 g/mol. The summed E-state index contributed by atoms with van der Waals surface area (Å²) in [5.74, 6) is -0.681. The Morgan fingerprint density at radius 3 is 2.33 bits per heavy atom. The second-order valence-electron chi connectivity index (χ2n) is 3.57. The van der Waals surface area contributed by atoms with E-state index in [-0.39, 0.29) is 0 Å². The molecule has 0 heterocycles. The third-order valence-corrected chi connectivity index (χ3v) is 2.79. The van der Waals surface area contributed by atoms with Crippen LogP contribution in [0, 0.1) is 0 Å². The van der Waals surface area contributed by atoms with Crippen molar-refractivity contribution in [1.29, 1.82) is 0 Å². The summed E-state index contributed by atoms with van der Waals surface area (Å²) in [6.45, 7) is 2.01. The van der Waals surface area contributed by atoms with Crippen LogP contribution in [0.15, 0.2) is 24.3 Å². The van der Waals surface area contributed by atoms with Crippen LogP contribution in [-0.2, 0) is 16.4 Å². The lowest BCUT2D eigenvalue weighted by molar-refractivity contribution is -0.199. The van der Waals surface area contributed by atoms with Crippen LogP contribution in [0.3, 0.4) is 0 Å². The van der Waals surface area contributed by atoms with E-state index in [2.05, 4.69) is 0 Å². The topological polar surface area (TPSA) is 29.5 Å². The molecule has 1 N–H and O–H groups in total. The van der Waals surface area contributed by atoms with E-state index in [0.29, 0.717) is 12.3 Å². The van der Waals surface area contributed by atoms with E-state index < -0.39 is 5.79 Å². The van der Waals surface area contributed by atoms with Crippen molar-refractivity contribution in [3.63, 3.8) is 0 Å². The van der Waals surface area contributed by atoms with Gasteiger partial charge in [0, 0.05) is 25.0 Å². The van der Waals surface area contributed by atoms with E-state index in [1.807, 2.05) is 31.2 Å². The predicted octanol–water partition coefficient (Wildman–Crippen LogP) is 3.02. The van der Waals surface area contributed by atoms with Crippen molar-refractivity contribution in [3.05, 3.63) is 35.4 Å². The maximum atomic E-state index is 10.2. The molecule has 0 aliphatic heterocycles. The Morgan fingerprint density at radius 1 is 1.33 bits per heavy atom. The molecule has 0 aliphatic carbocycles. The van der Waals surface area contributed by atoms with E-state index in [0.717, 1.165) is 17.5 Å². The van der Waals surface area contributed by atoms with Crippen LogP contribution in [-0.4, -0.2) is 12.2 Å². The van der Waals surface area contributed by atoms with Crippen molar-refractivity contribution in [2.24, 2.45) is 0 Å². The average molecular weight is 229 g/mol. The summed E-state index contributed by atoms with van der Waals surface area (Å²) in [6, 6.07) is 7.53. The van der Waals surface area contributed by atoms with Crippen LogP contribution in [0.1, 0.15) is 30.9 Å². The third kappa shape index (κ3) is 2.94. The lowest BCUT2D eigenvalue weighted by Gasteiger charge is -2.26. The molecule has 0 saturated heterocycles. The van der Waals surface area contributed by atoms with E-state index in [4.69, 9.17) is 16.3 Å². The fraction of sp³-hybridized carbons (Fsp3) is 0.500. The SMILES string of the molecule is CCCC(O)(OC)c1ccc(CCl)cc1. The number of hydrogen-bond donors (Lipinski definition) is 1. The highest BCUT2D eigenvalue weighted by Crippen LogP contribution is 2.27. The smallest absolute Gasteiger partial charge is 0.191 e. The first kappa shape index (κ1) is 12.5. The number of rotatable bonds is 5. The first-order valence-corrected chi connectivity index (χ1v) is 5.62. The Balaban J connectivity index is 2.92. The number of hydrogen-bond acceptors (Lipinski definition) is 2. The summed E-state index contributed by atoms with van der Waals surface area (Å²) in [5, 5.41) is 10.2. The van der Waals surface area contributed by atoms with Gasteiger partial charge in [-0.15, -0.1) is 11.6 Å². The van der Waals surface area contributed by atoms with Crippen LogP contribution in [0.25, 0.3) is 0 Å². The van der Waals surface area contributed by atoms with Gasteiger partial charge in [0.1, 0.15) is 0 Å². The Morgan fingerprint density at radius 2 is 1.93 bits per heavy atom. The van der Waals surface area contributed by atoms with Gasteiger partial charge in [0.25, 0.3) is 0 Å². The minimum atomic E-state index is -1.17. The first-order valence-electron chi connectivity index (χ1n) is 5.09. The molecule has 0 bridgehead atoms. The molecule has 1 aromatic rings. The van der Waals surface area contributed by atoms with Crippen LogP contribution in [0.2, 0.25) is 0 Å². The summed E-state index contributed by atoms with van der Waals surface area (Å²) >= 11 is 5.69. The predicted molar refractivity (Wildman–Crippen MR) is 61.8 cm³/mol. The third-order valence-electron chi connectivity index (χ3n) is 2.49. The maximum Gasteiger partial charge on any atom is 0.191 e. The van der Waals surface area contributed by atoms with Crippen LogP contribution in [0.4, 0.5) is 0 Å². The highest BCUT2D eigenvalue weighted by Gasteiger charge is 2.27. The summed E-state index contributed by atoms with van der Waals surface area (Å²) < 4.78 is 5.16. The molecule has 1 unspecified atom stereocenters. The van der Waals surface area contributed by atoms with Crippen molar-refractivity contribution >= 4 is 11.6 Å². The number of aliphatic hydroxyl groups is 1. The minimum absolute atomic E-state index is 0.486. The largest absolute Gasteiger partial charge is 0.362 e. The Kier molecular flexibility index (Phi) is 4.58. The van der Waals surface area contributed by atoms with Crippen molar-refractivity contribution in [1.82, 2.24) is 0 Å². The van der Waals surface area contributed by atoms with Gasteiger partial charge in [-0.2, -0.15) is 0 Å². The molecule has 1 rings (SSSR count). The molecule has 0 radical (unpaired) electrons. The van der Waals surface area contributed by atoms with E-state index >= 15 is 0 Å². The molecule has 0 amide bonds. The van der Waals surface area contributed by atoms with E-state index in [1.54, 1.807) is 0 Å². The van der Waals surface area contributed by atoms with E-state index in [1.165, 1.54) is 7.11 Å². The molecule has 0 saturated carbocycles. The normalized spacial score (nSPS) is 14.9.